The van der Waals surface area contributed by atoms with E-state index in [-0.39, 0.29) is 76.3 Å². The first kappa shape index (κ1) is 48.0. The number of nitrogens with zero attached hydrogens (tertiary/aromatic N) is 2. The third kappa shape index (κ3) is 13.3. The topological polar surface area (TPSA) is 295 Å². The zero-order valence-corrected chi connectivity index (χ0v) is 36.9. The first-order valence-corrected chi connectivity index (χ1v) is 22.2. The van der Waals surface area contributed by atoms with Gasteiger partial charge in [0.15, 0.2) is 5.96 Å². The third-order valence-corrected chi connectivity index (χ3v) is 11.7. The molecule has 0 spiro atoms. The predicted molar refractivity (Wildman–Crippen MR) is 246 cm³/mol. The Labute approximate surface area is 382 Å². The second-order valence-corrected chi connectivity index (χ2v) is 16.7. The molecule has 66 heavy (non-hydrogen) atoms. The number of aromatic amines is 1. The Morgan fingerprint density at radius 3 is 2.21 bits per heavy atom. The largest absolute Gasteiger partial charge is 0.508 e. The molecule has 3 aromatic carbocycles. The number of H-pyrrole nitrogens is 1. The van der Waals surface area contributed by atoms with Gasteiger partial charge in [-0.2, -0.15) is 0 Å². The smallest absolute Gasteiger partial charge is 0.245 e. The van der Waals surface area contributed by atoms with Gasteiger partial charge in [0.2, 0.25) is 41.4 Å². The molecule has 0 radical (unpaired) electrons. The Bertz CT molecular complexity index is 2380. The van der Waals surface area contributed by atoms with E-state index < -0.39 is 77.6 Å². The molecule has 0 saturated carbocycles. The van der Waals surface area contributed by atoms with Crippen LogP contribution in [-0.2, 0) is 52.8 Å². The molecule has 2 aliphatic rings. The van der Waals surface area contributed by atoms with Crippen molar-refractivity contribution in [1.29, 1.82) is 0 Å². The van der Waals surface area contributed by atoms with E-state index in [1.165, 1.54) is 24.0 Å². The number of nitrogens with two attached hydrogens (primary N) is 2. The predicted octanol–water partition coefficient (Wildman–Crippen LogP) is 0.300. The van der Waals surface area contributed by atoms with E-state index in [1.807, 2.05) is 54.6 Å². The van der Waals surface area contributed by atoms with Gasteiger partial charge < -0.3 is 58.4 Å². The van der Waals surface area contributed by atoms with Crippen molar-refractivity contribution < 1.29 is 38.7 Å². The Morgan fingerprint density at radius 2 is 1.48 bits per heavy atom. The highest BCUT2D eigenvalue weighted by molar-refractivity contribution is 5.98. The molecule has 7 amide bonds. The Balaban J connectivity index is 1.33. The van der Waals surface area contributed by atoms with Crippen molar-refractivity contribution in [3.63, 3.8) is 0 Å². The fourth-order valence-corrected chi connectivity index (χ4v) is 8.37. The summed E-state index contributed by atoms with van der Waals surface area (Å²) in [7, 11) is 0. The highest BCUT2D eigenvalue weighted by atomic mass is 16.3. The molecule has 3 heterocycles. The van der Waals surface area contributed by atoms with Gasteiger partial charge in [0.1, 0.15) is 42.0 Å². The number of benzene rings is 3. The van der Waals surface area contributed by atoms with Crippen LogP contribution in [0.25, 0.3) is 10.9 Å². The molecular weight excluding hydrogens is 847 g/mol. The molecule has 2 saturated heterocycles. The summed E-state index contributed by atoms with van der Waals surface area (Å²) in [6.07, 6.45) is 3.20. The van der Waals surface area contributed by atoms with Crippen molar-refractivity contribution in [2.45, 2.75) is 101 Å². The number of carbonyl (C=O) groups excluding carboxylic acids is 7. The molecular formula is C47H59N11O8. The minimum Gasteiger partial charge on any atom is -0.508 e. The first-order chi connectivity index (χ1) is 31.7. The lowest BCUT2D eigenvalue weighted by Crippen LogP contribution is -2.60. The molecule has 1 aromatic heterocycles. The van der Waals surface area contributed by atoms with Gasteiger partial charge in [-0.25, -0.2) is 0 Å². The lowest BCUT2D eigenvalue weighted by Gasteiger charge is -2.31. The Kier molecular flexibility index (Phi) is 16.7. The highest BCUT2D eigenvalue weighted by Crippen LogP contribution is 2.22. The maximum atomic E-state index is 14.6. The number of amides is 7. The standard InChI is InChI=1S/C47H59N11O8/c1-28(59)53-37(24-29-10-3-2-4-11-29)42(62)55-36-15-8-21-50-41(61)35(14-7-22-51-47(48)49)54-44(64)39(26-31-27-52-34-13-6-5-12-33(31)34)56-43(63)38(25-30-17-19-32(60)20-18-30)57-45(65)40-16-9-23-58(40)46(36)66/h2-6,10-13,17-20,27,35-40,52,60H,7-9,14-16,21-26H2,1H3,(H,50,61)(H,53,59)(H,54,64)(H,55,62)(H,56,63)(H,57,65)(H4,48,49,51)/t35-,36-,37-,38-,39-,40-/m0/s1. The van der Waals surface area contributed by atoms with Gasteiger partial charge in [-0.05, 0) is 73.4 Å². The van der Waals surface area contributed by atoms with E-state index in [0.29, 0.717) is 24.0 Å². The summed E-state index contributed by atoms with van der Waals surface area (Å²) in [6.45, 7) is 1.68. The fraction of sp³-hybridized carbons (Fsp3) is 0.404. The lowest BCUT2D eigenvalue weighted by atomic mass is 10.0. The van der Waals surface area contributed by atoms with Gasteiger partial charge in [-0.3, -0.25) is 38.6 Å². The van der Waals surface area contributed by atoms with Crippen LogP contribution in [-0.4, -0.2) is 118 Å². The van der Waals surface area contributed by atoms with Crippen molar-refractivity contribution in [3.05, 3.63) is 102 Å². The molecule has 19 heteroatoms. The number of fused-ring (bicyclic) bond motifs is 2. The fourth-order valence-electron chi connectivity index (χ4n) is 8.37. The zero-order valence-electron chi connectivity index (χ0n) is 36.9. The van der Waals surface area contributed by atoms with Crippen LogP contribution in [0.2, 0.25) is 0 Å². The van der Waals surface area contributed by atoms with E-state index in [0.717, 1.165) is 16.5 Å². The summed E-state index contributed by atoms with van der Waals surface area (Å²) >= 11 is 0. The molecule has 6 rings (SSSR count). The number of phenols is 1. The number of carbonyl (C=O) groups is 7. The summed E-state index contributed by atoms with van der Waals surface area (Å²) in [5.74, 6) is -4.27. The second-order valence-electron chi connectivity index (χ2n) is 16.7. The first-order valence-electron chi connectivity index (χ1n) is 22.2. The molecule has 2 fully saturated rings. The van der Waals surface area contributed by atoms with Gasteiger partial charge in [-0.15, -0.1) is 0 Å². The number of rotatable bonds is 13. The molecule has 19 nitrogen and oxygen atoms in total. The van der Waals surface area contributed by atoms with Crippen LogP contribution in [0, 0.1) is 0 Å². The van der Waals surface area contributed by atoms with Crippen LogP contribution in [0.3, 0.4) is 0 Å². The molecule has 0 bridgehead atoms. The van der Waals surface area contributed by atoms with E-state index in [2.05, 4.69) is 41.9 Å². The number of para-hydroxylation sites is 1. The average molecular weight is 906 g/mol. The van der Waals surface area contributed by atoms with Crippen molar-refractivity contribution in [3.8, 4) is 5.75 Å². The van der Waals surface area contributed by atoms with Crippen LogP contribution >= 0.6 is 0 Å². The van der Waals surface area contributed by atoms with Crippen molar-refractivity contribution in [1.82, 2.24) is 41.8 Å². The number of hydrogen-bond donors (Lipinski definition) is 10. The normalized spacial score (nSPS) is 21.5. The quantitative estimate of drug-likeness (QED) is 0.0498. The minimum absolute atomic E-state index is 0.00508. The molecule has 350 valence electrons. The number of guanidine groups is 1. The van der Waals surface area contributed by atoms with E-state index in [9.17, 15) is 38.7 Å². The number of aliphatic imine (C=N–C) groups is 1. The highest BCUT2D eigenvalue weighted by Gasteiger charge is 2.40. The van der Waals surface area contributed by atoms with Crippen LogP contribution in [0.4, 0.5) is 0 Å². The minimum atomic E-state index is -1.28. The lowest BCUT2D eigenvalue weighted by molar-refractivity contribution is -0.142. The monoisotopic (exact) mass is 905 g/mol. The van der Waals surface area contributed by atoms with Crippen LogP contribution in [0.1, 0.15) is 62.1 Å². The maximum Gasteiger partial charge on any atom is 0.245 e. The Morgan fingerprint density at radius 1 is 0.803 bits per heavy atom. The van der Waals surface area contributed by atoms with Gasteiger partial charge in [-0.1, -0.05) is 60.7 Å². The van der Waals surface area contributed by atoms with Crippen molar-refractivity contribution in [2.24, 2.45) is 16.5 Å². The van der Waals surface area contributed by atoms with E-state index in [1.54, 1.807) is 18.3 Å². The van der Waals surface area contributed by atoms with Crippen LogP contribution < -0.4 is 43.4 Å². The third-order valence-electron chi connectivity index (χ3n) is 11.7. The zero-order chi connectivity index (χ0) is 47.2. The number of phenolic OH excluding ortho intramolecular Hbond substituents is 1. The summed E-state index contributed by atoms with van der Waals surface area (Å²) in [5.41, 5.74) is 14.0. The summed E-state index contributed by atoms with van der Waals surface area (Å²) in [6, 6.07) is 15.8. The molecule has 6 atom stereocenters. The van der Waals surface area contributed by atoms with Gasteiger partial charge in [0, 0.05) is 62.9 Å². The molecule has 0 unspecified atom stereocenters. The average Bonchev–Trinajstić information content (AvgIpc) is 3.96. The number of nitrogens with one attached hydrogen (secondary N) is 7. The van der Waals surface area contributed by atoms with Gasteiger partial charge in [0.25, 0.3) is 0 Å². The van der Waals surface area contributed by atoms with E-state index >= 15 is 0 Å². The van der Waals surface area contributed by atoms with Gasteiger partial charge >= 0.3 is 0 Å². The van der Waals surface area contributed by atoms with Crippen LogP contribution in [0.5, 0.6) is 5.75 Å². The molecule has 12 N–H and O–H groups in total. The second kappa shape index (κ2) is 23.0. The number of hydrogen-bond acceptors (Lipinski definition) is 9. The van der Waals surface area contributed by atoms with E-state index in [4.69, 9.17) is 11.5 Å². The van der Waals surface area contributed by atoms with Crippen molar-refractivity contribution in [2.75, 3.05) is 19.6 Å². The summed E-state index contributed by atoms with van der Waals surface area (Å²) in [4.78, 5) is 107. The summed E-state index contributed by atoms with van der Waals surface area (Å²) in [5, 5.41) is 27.7. The van der Waals surface area contributed by atoms with Crippen LogP contribution in [0.15, 0.2) is 90.1 Å². The summed E-state index contributed by atoms with van der Waals surface area (Å²) < 4.78 is 0. The molecule has 4 aromatic rings. The number of aromatic hydroxyl groups is 1. The van der Waals surface area contributed by atoms with Crippen molar-refractivity contribution >= 4 is 58.2 Å². The maximum absolute atomic E-state index is 14.6. The molecule has 0 aliphatic carbocycles. The van der Waals surface area contributed by atoms with Gasteiger partial charge in [0.05, 0.1) is 0 Å². The SMILES string of the molecule is CC(=O)N[C@@H](Cc1ccccc1)C(=O)N[C@H]1CCCNC(=O)[C@H](CCCN=C(N)N)NC(=O)[C@H](Cc2c[nH]c3ccccc23)NC(=O)[C@H](Cc2ccc(O)cc2)NC(=O)[C@@H]2CCCN2C1=O. The number of aromatic nitrogens is 1. The molecule has 2 aliphatic heterocycles. The Hall–Kier alpha value is -7.44.